The van der Waals surface area contributed by atoms with Crippen molar-refractivity contribution in [2.75, 3.05) is 26.2 Å². The maximum Gasteiger partial charge on any atom is 0.340 e. The van der Waals surface area contributed by atoms with Gasteiger partial charge in [-0.1, -0.05) is 19.9 Å². The third-order valence-corrected chi connectivity index (χ3v) is 3.41. The Bertz CT molecular complexity index is 405. The van der Waals surface area contributed by atoms with E-state index in [0.717, 1.165) is 19.6 Å². The molecule has 18 heavy (non-hydrogen) atoms. The van der Waals surface area contributed by atoms with Crippen molar-refractivity contribution in [1.29, 1.82) is 0 Å². The van der Waals surface area contributed by atoms with E-state index in [1.165, 1.54) is 0 Å². The first-order valence-electron chi connectivity index (χ1n) is 5.97. The summed E-state index contributed by atoms with van der Waals surface area (Å²) < 4.78 is 6.10. The molecule has 0 aromatic heterocycles. The summed E-state index contributed by atoms with van der Waals surface area (Å²) in [6, 6.07) is 5.14. The van der Waals surface area contributed by atoms with Crippen molar-refractivity contribution in [3.05, 3.63) is 28.2 Å². The van der Waals surface area contributed by atoms with Gasteiger partial charge in [0.2, 0.25) is 0 Å². The first kappa shape index (κ1) is 15.0. The second kappa shape index (κ2) is 7.38. The Morgan fingerprint density at radius 2 is 2.06 bits per heavy atom. The number of hydrogen-bond acceptors (Lipinski definition) is 3. The molecule has 0 fully saturated rings. The molecular weight excluding hydrogens is 298 g/mol. The van der Waals surface area contributed by atoms with Gasteiger partial charge in [0.25, 0.3) is 0 Å². The SMILES string of the molecule is CCN(CC)CCOc1cccc(Br)c1C(=O)O. The smallest absolute Gasteiger partial charge is 0.340 e. The number of rotatable bonds is 7. The largest absolute Gasteiger partial charge is 0.491 e. The van der Waals surface area contributed by atoms with E-state index in [2.05, 4.69) is 34.7 Å². The Balaban J connectivity index is 2.67. The molecular formula is C13H18BrNO3. The maximum absolute atomic E-state index is 11.1. The van der Waals surface area contributed by atoms with E-state index in [1.54, 1.807) is 18.2 Å². The van der Waals surface area contributed by atoms with Crippen LogP contribution in [0.25, 0.3) is 0 Å². The lowest BCUT2D eigenvalue weighted by Gasteiger charge is -2.18. The Kier molecular flexibility index (Phi) is 6.15. The molecule has 0 aliphatic carbocycles. The minimum Gasteiger partial charge on any atom is -0.491 e. The minimum atomic E-state index is -0.986. The number of benzene rings is 1. The fourth-order valence-electron chi connectivity index (χ4n) is 1.66. The van der Waals surface area contributed by atoms with Gasteiger partial charge in [0.05, 0.1) is 0 Å². The highest BCUT2D eigenvalue weighted by molar-refractivity contribution is 9.10. The monoisotopic (exact) mass is 315 g/mol. The van der Waals surface area contributed by atoms with Crippen LogP contribution in [-0.4, -0.2) is 42.2 Å². The first-order valence-corrected chi connectivity index (χ1v) is 6.76. The van der Waals surface area contributed by atoms with E-state index in [1.807, 2.05) is 0 Å². The zero-order chi connectivity index (χ0) is 13.5. The number of carboxylic acid groups (broad SMARTS) is 1. The molecule has 0 spiro atoms. The number of carboxylic acids is 1. The summed E-state index contributed by atoms with van der Waals surface area (Å²) in [6.07, 6.45) is 0. The molecule has 0 aliphatic heterocycles. The molecule has 100 valence electrons. The lowest BCUT2D eigenvalue weighted by molar-refractivity contribution is 0.0690. The summed E-state index contributed by atoms with van der Waals surface area (Å²) in [4.78, 5) is 13.4. The molecule has 0 unspecified atom stereocenters. The molecule has 0 aliphatic rings. The van der Waals surface area contributed by atoms with Gasteiger partial charge < -0.3 is 14.7 Å². The van der Waals surface area contributed by atoms with Crippen LogP contribution in [0.3, 0.4) is 0 Å². The van der Waals surface area contributed by atoms with Crippen molar-refractivity contribution >= 4 is 21.9 Å². The second-order valence-corrected chi connectivity index (χ2v) is 4.65. The molecule has 4 nitrogen and oxygen atoms in total. The third kappa shape index (κ3) is 3.99. The number of hydrogen-bond donors (Lipinski definition) is 1. The Morgan fingerprint density at radius 3 is 2.61 bits per heavy atom. The summed E-state index contributed by atoms with van der Waals surface area (Å²) in [5, 5.41) is 9.13. The average Bonchev–Trinajstić information content (AvgIpc) is 2.34. The van der Waals surface area contributed by atoms with E-state index in [0.29, 0.717) is 16.8 Å². The highest BCUT2D eigenvalue weighted by atomic mass is 79.9. The van der Waals surface area contributed by atoms with E-state index in [-0.39, 0.29) is 5.56 Å². The van der Waals surface area contributed by atoms with Gasteiger partial charge in [0.15, 0.2) is 0 Å². The summed E-state index contributed by atoms with van der Waals surface area (Å²) >= 11 is 3.22. The predicted octanol–water partition coefficient (Wildman–Crippen LogP) is 2.87. The molecule has 1 rings (SSSR count). The molecule has 0 heterocycles. The molecule has 0 saturated carbocycles. The fraction of sp³-hybridized carbons (Fsp3) is 0.462. The Labute approximate surface area is 116 Å². The van der Waals surface area contributed by atoms with Crippen LogP contribution in [0.5, 0.6) is 5.75 Å². The van der Waals surface area contributed by atoms with Crippen molar-refractivity contribution in [2.24, 2.45) is 0 Å². The van der Waals surface area contributed by atoms with Crippen LogP contribution >= 0.6 is 15.9 Å². The van der Waals surface area contributed by atoms with Gasteiger partial charge in [-0.05, 0) is 41.2 Å². The van der Waals surface area contributed by atoms with Gasteiger partial charge in [-0.15, -0.1) is 0 Å². The standard InChI is InChI=1S/C13H18BrNO3/c1-3-15(4-2)8-9-18-11-7-5-6-10(14)12(11)13(16)17/h5-7H,3-4,8-9H2,1-2H3,(H,16,17). The number of nitrogens with zero attached hydrogens (tertiary/aromatic N) is 1. The average molecular weight is 316 g/mol. The lowest BCUT2D eigenvalue weighted by atomic mass is 10.2. The molecule has 0 radical (unpaired) electrons. The van der Waals surface area contributed by atoms with Crippen molar-refractivity contribution in [1.82, 2.24) is 4.90 Å². The lowest BCUT2D eigenvalue weighted by Crippen LogP contribution is -2.28. The zero-order valence-corrected chi connectivity index (χ0v) is 12.2. The third-order valence-electron chi connectivity index (χ3n) is 2.75. The normalized spacial score (nSPS) is 10.7. The van der Waals surface area contributed by atoms with Crippen LogP contribution in [0, 0.1) is 0 Å². The molecule has 0 saturated heterocycles. The minimum absolute atomic E-state index is 0.178. The molecule has 0 amide bonds. The number of ether oxygens (including phenoxy) is 1. The van der Waals surface area contributed by atoms with Gasteiger partial charge in [-0.25, -0.2) is 4.79 Å². The van der Waals surface area contributed by atoms with E-state index >= 15 is 0 Å². The summed E-state index contributed by atoms with van der Waals surface area (Å²) in [5.74, 6) is -0.579. The molecule has 0 bridgehead atoms. The van der Waals surface area contributed by atoms with Crippen LogP contribution in [0.15, 0.2) is 22.7 Å². The van der Waals surface area contributed by atoms with Gasteiger partial charge in [0, 0.05) is 11.0 Å². The summed E-state index contributed by atoms with van der Waals surface area (Å²) in [5.41, 5.74) is 0.178. The van der Waals surface area contributed by atoms with Crippen LogP contribution < -0.4 is 4.74 Å². The predicted molar refractivity (Wildman–Crippen MR) is 74.4 cm³/mol. The topological polar surface area (TPSA) is 49.8 Å². The van der Waals surface area contributed by atoms with Gasteiger partial charge in [-0.3, -0.25) is 0 Å². The van der Waals surface area contributed by atoms with E-state index in [4.69, 9.17) is 9.84 Å². The van der Waals surface area contributed by atoms with Crippen LogP contribution in [0.4, 0.5) is 0 Å². The molecule has 1 aromatic carbocycles. The maximum atomic E-state index is 11.1. The van der Waals surface area contributed by atoms with Crippen molar-refractivity contribution in [3.8, 4) is 5.75 Å². The highest BCUT2D eigenvalue weighted by Gasteiger charge is 2.15. The highest BCUT2D eigenvalue weighted by Crippen LogP contribution is 2.26. The van der Waals surface area contributed by atoms with Crippen LogP contribution in [0.1, 0.15) is 24.2 Å². The van der Waals surface area contributed by atoms with E-state index < -0.39 is 5.97 Å². The number of halogens is 1. The van der Waals surface area contributed by atoms with Gasteiger partial charge >= 0.3 is 5.97 Å². The summed E-state index contributed by atoms with van der Waals surface area (Å²) in [7, 11) is 0. The zero-order valence-electron chi connectivity index (χ0n) is 10.6. The molecule has 5 heteroatoms. The van der Waals surface area contributed by atoms with Crippen molar-refractivity contribution < 1.29 is 14.6 Å². The quantitative estimate of drug-likeness (QED) is 0.840. The molecule has 1 N–H and O–H groups in total. The van der Waals surface area contributed by atoms with E-state index in [9.17, 15) is 4.79 Å². The van der Waals surface area contributed by atoms with Gasteiger partial charge in [-0.2, -0.15) is 0 Å². The van der Waals surface area contributed by atoms with Crippen LogP contribution in [-0.2, 0) is 0 Å². The number of carbonyl (C=O) groups is 1. The van der Waals surface area contributed by atoms with Crippen molar-refractivity contribution in [2.45, 2.75) is 13.8 Å². The Morgan fingerprint density at radius 1 is 1.39 bits per heavy atom. The Hall–Kier alpha value is -1.07. The summed E-state index contributed by atoms with van der Waals surface area (Å²) in [6.45, 7) is 7.38. The second-order valence-electron chi connectivity index (χ2n) is 3.79. The molecule has 0 atom stereocenters. The van der Waals surface area contributed by atoms with Crippen LogP contribution in [0.2, 0.25) is 0 Å². The number of aromatic carboxylic acids is 1. The first-order chi connectivity index (χ1) is 8.60. The van der Waals surface area contributed by atoms with Gasteiger partial charge in [0.1, 0.15) is 17.9 Å². The van der Waals surface area contributed by atoms with Crippen molar-refractivity contribution in [3.63, 3.8) is 0 Å². The number of likely N-dealkylation sites (N-methyl/N-ethyl adjacent to an activating group) is 1. The fourth-order valence-corrected chi connectivity index (χ4v) is 2.17. The molecule has 1 aromatic rings.